The number of likely N-dealkylation sites (N-methyl/N-ethyl adjacent to an activating group) is 5. The summed E-state index contributed by atoms with van der Waals surface area (Å²) in [6, 6.07) is -6.68. The summed E-state index contributed by atoms with van der Waals surface area (Å²) in [5.41, 5.74) is -2.23. The number of alkyl halides is 3. The lowest BCUT2D eigenvalue weighted by Gasteiger charge is -2.44. The van der Waals surface area contributed by atoms with Crippen LogP contribution in [0.5, 0.6) is 0 Å². The van der Waals surface area contributed by atoms with Crippen molar-refractivity contribution in [3.8, 4) is 0 Å². The minimum Gasteiger partial charge on any atom is -0.351 e. The van der Waals surface area contributed by atoms with E-state index < -0.39 is 154 Å². The SMILES string of the molecule is CC[C@H](C)[C@@H]1NC(=O)[C@H](CC(C)C)N(C)C(=O)C[C@@H](C)NC(=O)[C@H](C2CCCC2)N(C)C(=O)C2(CCCC2)NC(=O)[C@@H]2CCCN2C(=O)[C@H](CCc2ccc(C(F)(F)F)c(Cl)c2)NC(=O)CN(C)C(=O)[C@H](C)N(C)C(=O)[C@@H]2CCN2C(=O)[C@H](C)N(C)C1=O. The van der Waals surface area contributed by atoms with Crippen LogP contribution in [0.4, 0.5) is 13.2 Å². The van der Waals surface area contributed by atoms with Crippen LogP contribution in [0.25, 0.3) is 0 Å². The maximum absolute atomic E-state index is 15.2. The minimum absolute atomic E-state index is 0.0641. The van der Waals surface area contributed by atoms with Gasteiger partial charge in [-0.1, -0.05) is 77.5 Å². The van der Waals surface area contributed by atoms with E-state index in [2.05, 4.69) is 21.3 Å². The smallest absolute Gasteiger partial charge is 0.351 e. The predicted molar refractivity (Wildman–Crippen MR) is 321 cm³/mol. The van der Waals surface area contributed by atoms with Gasteiger partial charge in [-0.3, -0.25) is 52.7 Å². The van der Waals surface area contributed by atoms with Gasteiger partial charge in [-0.25, -0.2) is 0 Å². The fourth-order valence-electron chi connectivity index (χ4n) is 13.1. The maximum atomic E-state index is 15.2. The average molecular weight is 1260 g/mol. The molecule has 0 radical (unpaired) electrons. The summed E-state index contributed by atoms with van der Waals surface area (Å²) >= 11 is 6.08. The maximum Gasteiger partial charge on any atom is 0.417 e. The summed E-state index contributed by atoms with van der Waals surface area (Å²) in [5, 5.41) is 11.1. The second-order valence-electron chi connectivity index (χ2n) is 25.8. The number of aryl methyl sites for hydroxylation is 1. The van der Waals surface area contributed by atoms with Crippen molar-refractivity contribution >= 4 is 76.6 Å². The predicted octanol–water partition coefficient (Wildman–Crippen LogP) is 4.28. The first-order valence-corrected chi connectivity index (χ1v) is 31.6. The molecule has 11 amide bonds. The third kappa shape index (κ3) is 16.3. The molecule has 0 aromatic heterocycles. The Morgan fingerprint density at radius 2 is 1.27 bits per heavy atom. The molecule has 88 heavy (non-hydrogen) atoms. The number of carbonyl (C=O) groups is 11. The summed E-state index contributed by atoms with van der Waals surface area (Å²) in [4.78, 5) is 168. The van der Waals surface area contributed by atoms with Crippen LogP contribution in [-0.4, -0.2) is 214 Å². The fourth-order valence-corrected chi connectivity index (χ4v) is 13.4. The highest BCUT2D eigenvalue weighted by atomic mass is 35.5. The van der Waals surface area contributed by atoms with Crippen LogP contribution < -0.4 is 21.3 Å². The second kappa shape index (κ2) is 29.9. The van der Waals surface area contributed by atoms with Gasteiger partial charge < -0.3 is 55.6 Å². The average Bonchev–Trinajstić information content (AvgIpc) is 3.12. The monoisotopic (exact) mass is 1260 g/mol. The lowest BCUT2D eigenvalue weighted by molar-refractivity contribution is -0.159. The Morgan fingerprint density at radius 3 is 1.85 bits per heavy atom. The quantitative estimate of drug-likeness (QED) is 0.286. The Bertz CT molecular complexity index is 2780. The third-order valence-corrected chi connectivity index (χ3v) is 19.3. The highest BCUT2D eigenvalue weighted by molar-refractivity contribution is 6.31. The molecule has 3 saturated heterocycles. The Hall–Kier alpha value is -6.53. The first-order chi connectivity index (χ1) is 41.2. The molecule has 26 heteroatoms. The van der Waals surface area contributed by atoms with E-state index in [9.17, 15) is 61.1 Å². The van der Waals surface area contributed by atoms with Gasteiger partial charge >= 0.3 is 6.18 Å². The molecule has 3 aliphatic heterocycles. The minimum atomic E-state index is -4.74. The van der Waals surface area contributed by atoms with Gasteiger partial charge in [-0.2, -0.15) is 13.2 Å². The van der Waals surface area contributed by atoms with Crippen LogP contribution >= 0.6 is 11.6 Å². The molecule has 0 unspecified atom stereocenters. The summed E-state index contributed by atoms with van der Waals surface area (Å²) in [7, 11) is 7.15. The number of halogens is 4. The van der Waals surface area contributed by atoms with E-state index in [4.69, 9.17) is 11.6 Å². The number of hydrogen-bond donors (Lipinski definition) is 4. The first-order valence-electron chi connectivity index (χ1n) is 31.2. The largest absolute Gasteiger partial charge is 0.417 e. The van der Waals surface area contributed by atoms with E-state index in [-0.39, 0.29) is 76.3 Å². The second-order valence-corrected chi connectivity index (χ2v) is 26.2. The van der Waals surface area contributed by atoms with Gasteiger partial charge in [-0.05, 0) is 120 Å². The van der Waals surface area contributed by atoms with Crippen LogP contribution in [0.1, 0.15) is 156 Å². The third-order valence-electron chi connectivity index (χ3n) is 19.0. The molecule has 0 bridgehead atoms. The van der Waals surface area contributed by atoms with Crippen molar-refractivity contribution in [3.05, 3.63) is 34.3 Å². The van der Waals surface area contributed by atoms with E-state index in [1.54, 1.807) is 13.8 Å². The van der Waals surface area contributed by atoms with Crippen molar-refractivity contribution in [2.45, 2.75) is 217 Å². The molecule has 10 atom stereocenters. The van der Waals surface area contributed by atoms with E-state index in [0.717, 1.165) is 34.8 Å². The van der Waals surface area contributed by atoms with Gasteiger partial charge in [0.2, 0.25) is 65.0 Å². The number of carbonyl (C=O) groups excluding carboxylic acids is 11. The molecule has 4 N–H and O–H groups in total. The molecule has 1 aromatic rings. The molecule has 3 heterocycles. The van der Waals surface area contributed by atoms with Crippen LogP contribution in [0.2, 0.25) is 5.02 Å². The van der Waals surface area contributed by atoms with Gasteiger partial charge in [0.15, 0.2) is 0 Å². The normalized spacial score (nSPS) is 28.6. The van der Waals surface area contributed by atoms with Gasteiger partial charge in [0.1, 0.15) is 53.9 Å². The van der Waals surface area contributed by atoms with Crippen molar-refractivity contribution in [3.63, 3.8) is 0 Å². The zero-order valence-corrected chi connectivity index (χ0v) is 54.0. The Morgan fingerprint density at radius 1 is 0.659 bits per heavy atom. The van der Waals surface area contributed by atoms with Crippen molar-refractivity contribution in [2.24, 2.45) is 17.8 Å². The molecule has 490 valence electrons. The van der Waals surface area contributed by atoms with E-state index in [1.165, 1.54) is 79.7 Å². The molecule has 22 nitrogen and oxygen atoms in total. The summed E-state index contributed by atoms with van der Waals surface area (Å²) < 4.78 is 41.1. The highest BCUT2D eigenvalue weighted by Crippen LogP contribution is 2.38. The number of hydrogen-bond acceptors (Lipinski definition) is 11. The fraction of sp³-hybridized carbons (Fsp3) is 0.726. The number of amides is 11. The Balaban J connectivity index is 1.34. The van der Waals surface area contributed by atoms with Gasteiger partial charge in [0.25, 0.3) is 0 Å². The topological polar surface area (TPSA) is 259 Å². The van der Waals surface area contributed by atoms with Crippen LogP contribution in [0.15, 0.2) is 18.2 Å². The van der Waals surface area contributed by atoms with Gasteiger partial charge in [-0.15, -0.1) is 0 Å². The van der Waals surface area contributed by atoms with Crippen molar-refractivity contribution < 1.29 is 65.9 Å². The van der Waals surface area contributed by atoms with E-state index in [1.807, 2.05) is 20.8 Å². The first kappa shape index (κ1) is 70.6. The van der Waals surface area contributed by atoms with Crippen LogP contribution in [-0.2, 0) is 65.3 Å². The number of benzene rings is 1. The molecular weight excluding hydrogens is 1170 g/mol. The van der Waals surface area contributed by atoms with Crippen LogP contribution in [0.3, 0.4) is 0 Å². The summed E-state index contributed by atoms with van der Waals surface area (Å²) in [6.07, 6.45) is 0.679. The van der Waals surface area contributed by atoms with Crippen LogP contribution in [0, 0.1) is 17.8 Å². The molecule has 2 aliphatic carbocycles. The molecule has 5 aliphatic rings. The number of nitrogens with zero attached hydrogens (tertiary/aromatic N) is 7. The summed E-state index contributed by atoms with van der Waals surface area (Å²) in [5.74, 6) is -7.44. The molecule has 6 rings (SSSR count). The Labute approximate surface area is 520 Å². The molecule has 2 saturated carbocycles. The lowest BCUT2D eigenvalue weighted by atomic mass is 9.90. The zero-order valence-electron chi connectivity index (χ0n) is 53.2. The number of fused-ring (bicyclic) bond motifs is 2. The lowest BCUT2D eigenvalue weighted by Crippen LogP contribution is -2.65. The van der Waals surface area contributed by atoms with Gasteiger partial charge in [0, 0.05) is 60.8 Å². The molecule has 1 spiro atoms. The molecule has 5 fully saturated rings. The highest BCUT2D eigenvalue weighted by Gasteiger charge is 2.51. The standard InChI is InChI=1S/C62H93ClF3N11O11/c1-13-36(4)50-59(87)73(10)39(7)56(84)77-30-26-46(77)58(86)72(9)38(6)55(83)71(8)34-48(78)68-44(25-23-40-22-24-42(43(63)33-40)62(64,65)66)57(85)76-29-18-21-45(76)53(81)70-61(27-16-17-28-61)60(88)75(12)51(41-19-14-15-20-41)54(82)67-37(5)32-49(79)74(11)47(31-35(2)3)52(80)69-50/h22,24,33,35-39,41,44-47,50-51H,13-21,23,25-32,34H2,1-12H3,(H,67,82)(H,68,78)(H,69,80)(H,70,81)/t36-,37+,38-,39-,44-,45-,46-,47-,50-,51-/m0/s1. The van der Waals surface area contributed by atoms with E-state index in [0.29, 0.717) is 44.1 Å². The van der Waals surface area contributed by atoms with E-state index >= 15 is 4.79 Å². The molecule has 1 aromatic carbocycles. The van der Waals surface area contributed by atoms with Crippen molar-refractivity contribution in [1.82, 2.24) is 55.6 Å². The number of nitrogens with one attached hydrogen (secondary N) is 4. The zero-order chi connectivity index (χ0) is 65.4. The van der Waals surface area contributed by atoms with Gasteiger partial charge in [0.05, 0.1) is 17.1 Å². The summed E-state index contributed by atoms with van der Waals surface area (Å²) in [6.45, 7) is 11.6. The molecular formula is C62H93ClF3N11O11. The Kier molecular flexibility index (Phi) is 23.9. The number of rotatable bonds is 8. The van der Waals surface area contributed by atoms with Crippen molar-refractivity contribution in [1.29, 1.82) is 0 Å². The van der Waals surface area contributed by atoms with Crippen molar-refractivity contribution in [2.75, 3.05) is 54.9 Å².